The number of rotatable bonds is 6. The van der Waals surface area contributed by atoms with Gasteiger partial charge in [0, 0.05) is 12.6 Å². The van der Waals surface area contributed by atoms with E-state index in [2.05, 4.69) is 22.5 Å². The van der Waals surface area contributed by atoms with Crippen LogP contribution in [0.15, 0.2) is 24.3 Å². The Morgan fingerprint density at radius 3 is 2.71 bits per heavy atom. The third kappa shape index (κ3) is 5.10. The van der Waals surface area contributed by atoms with Gasteiger partial charge in [-0.05, 0) is 45.0 Å². The Kier molecular flexibility index (Phi) is 6.14. The molecule has 0 aromatic heterocycles. The number of likely N-dealkylation sites (tertiary alicyclic amines) is 1. The summed E-state index contributed by atoms with van der Waals surface area (Å²) in [6.07, 6.45) is 3.85. The number of benzene rings is 1. The lowest BCUT2D eigenvalue weighted by Gasteiger charge is -2.32. The zero-order valence-electron chi connectivity index (χ0n) is 12.6. The zero-order chi connectivity index (χ0) is 15.1. The highest BCUT2D eigenvalue weighted by molar-refractivity contribution is 5.92. The van der Waals surface area contributed by atoms with Crippen LogP contribution in [0, 0.1) is 5.82 Å². The van der Waals surface area contributed by atoms with Crippen LogP contribution in [0.1, 0.15) is 26.2 Å². The molecule has 0 bridgehead atoms. The van der Waals surface area contributed by atoms with Crippen molar-refractivity contribution in [2.75, 3.05) is 31.5 Å². The summed E-state index contributed by atoms with van der Waals surface area (Å²) in [6, 6.07) is 6.62. The normalized spacial score (nSPS) is 17.4. The fourth-order valence-corrected chi connectivity index (χ4v) is 2.64. The van der Waals surface area contributed by atoms with E-state index < -0.39 is 5.82 Å². The van der Waals surface area contributed by atoms with Crippen molar-refractivity contribution in [3.8, 4) is 0 Å². The van der Waals surface area contributed by atoms with Gasteiger partial charge >= 0.3 is 0 Å². The molecule has 1 unspecified atom stereocenters. The average molecular weight is 293 g/mol. The van der Waals surface area contributed by atoms with E-state index in [-0.39, 0.29) is 18.1 Å². The van der Waals surface area contributed by atoms with Crippen molar-refractivity contribution in [2.45, 2.75) is 32.2 Å². The van der Waals surface area contributed by atoms with Crippen molar-refractivity contribution in [3.05, 3.63) is 30.1 Å². The lowest BCUT2D eigenvalue weighted by atomic mass is 10.1. The molecule has 1 aromatic carbocycles. The fourth-order valence-electron chi connectivity index (χ4n) is 2.64. The maximum absolute atomic E-state index is 13.4. The van der Waals surface area contributed by atoms with Gasteiger partial charge in [0.05, 0.1) is 12.2 Å². The quantitative estimate of drug-likeness (QED) is 0.845. The first kappa shape index (κ1) is 15.9. The van der Waals surface area contributed by atoms with E-state index >= 15 is 0 Å². The third-order valence-corrected chi connectivity index (χ3v) is 3.89. The minimum atomic E-state index is -0.410. The van der Waals surface area contributed by atoms with Crippen molar-refractivity contribution in [3.63, 3.8) is 0 Å². The van der Waals surface area contributed by atoms with Gasteiger partial charge < -0.3 is 10.6 Å². The molecule has 2 N–H and O–H groups in total. The van der Waals surface area contributed by atoms with Crippen LogP contribution in [0.3, 0.4) is 0 Å². The maximum Gasteiger partial charge on any atom is 0.238 e. The van der Waals surface area contributed by atoms with Crippen molar-refractivity contribution < 1.29 is 9.18 Å². The molecule has 0 saturated carbocycles. The number of amides is 1. The maximum atomic E-state index is 13.4. The number of nitrogens with zero attached hydrogens (tertiary/aromatic N) is 1. The van der Waals surface area contributed by atoms with Crippen molar-refractivity contribution >= 4 is 11.6 Å². The SMILES string of the molecule is CC(CNCC(=O)Nc1ccccc1F)N1CCCCC1. The zero-order valence-corrected chi connectivity index (χ0v) is 12.6. The molecule has 0 aliphatic carbocycles. The van der Waals surface area contributed by atoms with Gasteiger partial charge in [-0.25, -0.2) is 4.39 Å². The highest BCUT2D eigenvalue weighted by Crippen LogP contribution is 2.12. The molecule has 1 aliphatic heterocycles. The second kappa shape index (κ2) is 8.10. The molecule has 1 saturated heterocycles. The molecule has 21 heavy (non-hydrogen) atoms. The summed E-state index contributed by atoms with van der Waals surface area (Å²) in [4.78, 5) is 14.2. The first-order valence-corrected chi connectivity index (χ1v) is 7.66. The molecule has 116 valence electrons. The molecule has 1 aromatic rings. The summed E-state index contributed by atoms with van der Waals surface area (Å²) < 4.78 is 13.4. The third-order valence-electron chi connectivity index (χ3n) is 3.89. The molecule has 4 nitrogen and oxygen atoms in total. The van der Waals surface area contributed by atoms with E-state index in [0.29, 0.717) is 6.04 Å². The molecule has 1 fully saturated rings. The van der Waals surface area contributed by atoms with Crippen molar-refractivity contribution in [2.24, 2.45) is 0 Å². The second-order valence-electron chi connectivity index (χ2n) is 5.60. The van der Waals surface area contributed by atoms with Gasteiger partial charge in [0.1, 0.15) is 5.82 Å². The standard InChI is InChI=1S/C16H24FN3O/c1-13(20-9-5-2-6-10-20)11-18-12-16(21)19-15-8-4-3-7-14(15)17/h3-4,7-8,13,18H,2,5-6,9-12H2,1H3,(H,19,21). The fraction of sp³-hybridized carbons (Fsp3) is 0.562. The predicted molar refractivity (Wildman–Crippen MR) is 82.8 cm³/mol. The Hall–Kier alpha value is -1.46. The first-order chi connectivity index (χ1) is 10.2. The number of carbonyl (C=O) groups is 1. The molecule has 0 radical (unpaired) electrons. The summed E-state index contributed by atoms with van der Waals surface area (Å²) in [5, 5.41) is 5.72. The summed E-state index contributed by atoms with van der Waals surface area (Å²) in [6.45, 7) is 5.43. The summed E-state index contributed by atoms with van der Waals surface area (Å²) in [5.74, 6) is -0.626. The van der Waals surface area contributed by atoms with E-state index in [9.17, 15) is 9.18 Å². The van der Waals surface area contributed by atoms with Crippen LogP contribution in [-0.4, -0.2) is 43.0 Å². The molecule has 2 rings (SSSR count). The second-order valence-corrected chi connectivity index (χ2v) is 5.60. The van der Waals surface area contributed by atoms with Crippen LogP contribution in [0.2, 0.25) is 0 Å². The number of hydrogen-bond acceptors (Lipinski definition) is 3. The molecule has 1 amide bonds. The van der Waals surface area contributed by atoms with Crippen LogP contribution in [-0.2, 0) is 4.79 Å². The highest BCUT2D eigenvalue weighted by atomic mass is 19.1. The molecular formula is C16H24FN3O. The predicted octanol–water partition coefficient (Wildman–Crippen LogP) is 2.23. The van der Waals surface area contributed by atoms with Crippen LogP contribution >= 0.6 is 0 Å². The molecule has 1 atom stereocenters. The Bertz CT molecular complexity index is 461. The Labute approximate surface area is 125 Å². The lowest BCUT2D eigenvalue weighted by Crippen LogP contribution is -2.44. The number of halogens is 1. The highest BCUT2D eigenvalue weighted by Gasteiger charge is 2.16. The number of hydrogen-bond donors (Lipinski definition) is 2. The van der Waals surface area contributed by atoms with Gasteiger partial charge in [-0.15, -0.1) is 0 Å². The minimum Gasteiger partial charge on any atom is -0.322 e. The van der Waals surface area contributed by atoms with Gasteiger partial charge in [0.25, 0.3) is 0 Å². The summed E-state index contributed by atoms with van der Waals surface area (Å²) in [7, 11) is 0. The number of nitrogens with one attached hydrogen (secondary N) is 2. The number of piperidine rings is 1. The Balaban J connectivity index is 1.68. The van der Waals surface area contributed by atoms with Gasteiger partial charge in [-0.2, -0.15) is 0 Å². The summed E-state index contributed by atoms with van der Waals surface area (Å²) >= 11 is 0. The Morgan fingerprint density at radius 1 is 1.29 bits per heavy atom. The van der Waals surface area contributed by atoms with Crippen LogP contribution in [0.5, 0.6) is 0 Å². The van der Waals surface area contributed by atoms with E-state index in [4.69, 9.17) is 0 Å². The van der Waals surface area contributed by atoms with Crippen molar-refractivity contribution in [1.82, 2.24) is 10.2 Å². The topological polar surface area (TPSA) is 44.4 Å². The first-order valence-electron chi connectivity index (χ1n) is 7.66. The molecule has 1 heterocycles. The van der Waals surface area contributed by atoms with E-state index in [1.165, 1.54) is 25.3 Å². The van der Waals surface area contributed by atoms with Gasteiger partial charge in [0.15, 0.2) is 0 Å². The smallest absolute Gasteiger partial charge is 0.238 e. The summed E-state index contributed by atoms with van der Waals surface area (Å²) in [5.41, 5.74) is 0.230. The monoisotopic (exact) mass is 293 g/mol. The van der Waals surface area contributed by atoms with Crippen molar-refractivity contribution in [1.29, 1.82) is 0 Å². The molecule has 0 spiro atoms. The van der Waals surface area contributed by atoms with Gasteiger partial charge in [-0.1, -0.05) is 18.6 Å². The van der Waals surface area contributed by atoms with Crippen LogP contribution < -0.4 is 10.6 Å². The van der Waals surface area contributed by atoms with Crippen LogP contribution in [0.4, 0.5) is 10.1 Å². The van der Waals surface area contributed by atoms with E-state index in [1.54, 1.807) is 18.2 Å². The number of anilines is 1. The van der Waals surface area contributed by atoms with E-state index in [1.807, 2.05) is 0 Å². The molecule has 5 heteroatoms. The molecule has 1 aliphatic rings. The lowest BCUT2D eigenvalue weighted by molar-refractivity contribution is -0.115. The Morgan fingerprint density at radius 2 is 2.00 bits per heavy atom. The van der Waals surface area contributed by atoms with Gasteiger partial charge in [-0.3, -0.25) is 9.69 Å². The number of para-hydroxylation sites is 1. The largest absolute Gasteiger partial charge is 0.322 e. The number of carbonyl (C=O) groups excluding carboxylic acids is 1. The van der Waals surface area contributed by atoms with Gasteiger partial charge in [0.2, 0.25) is 5.91 Å². The minimum absolute atomic E-state index is 0.201. The van der Waals surface area contributed by atoms with Crippen LogP contribution in [0.25, 0.3) is 0 Å². The van der Waals surface area contributed by atoms with E-state index in [0.717, 1.165) is 19.6 Å². The molecular weight excluding hydrogens is 269 g/mol. The average Bonchev–Trinajstić information content (AvgIpc) is 2.50.